The number of hydrogen-bond acceptors (Lipinski definition) is 16. The van der Waals surface area contributed by atoms with E-state index in [-0.39, 0.29) is 66.4 Å². The molecule has 2 aromatic carbocycles. The van der Waals surface area contributed by atoms with Crippen molar-refractivity contribution in [2.45, 2.75) is 106 Å². The number of aliphatic hydroxyl groups is 7. The van der Waals surface area contributed by atoms with Gasteiger partial charge in [-0.25, -0.2) is 0 Å². The van der Waals surface area contributed by atoms with Gasteiger partial charge in [-0.1, -0.05) is 76.6 Å². The second-order valence-corrected chi connectivity index (χ2v) is 21.6. The molecule has 3 aliphatic heterocycles. The molecule has 11 unspecified atom stereocenters. The predicted molar refractivity (Wildman–Crippen MR) is 243 cm³/mol. The summed E-state index contributed by atoms with van der Waals surface area (Å²) < 4.78 is 12.5. The van der Waals surface area contributed by atoms with Crippen LogP contribution >= 0.6 is 21.6 Å². The van der Waals surface area contributed by atoms with Crippen LogP contribution < -0.4 is 15.4 Å². The minimum absolute atomic E-state index is 0.0175. The maximum absolute atomic E-state index is 15.7. The molecule has 3 heterocycles. The van der Waals surface area contributed by atoms with E-state index in [2.05, 4.69) is 10.6 Å². The van der Waals surface area contributed by atoms with Crippen molar-refractivity contribution in [2.75, 3.05) is 25.6 Å². The predicted octanol–water partition coefficient (Wildman–Crippen LogP) is 4.33. The van der Waals surface area contributed by atoms with Gasteiger partial charge in [-0.2, -0.15) is 0 Å². The van der Waals surface area contributed by atoms with Crippen molar-refractivity contribution in [3.63, 3.8) is 0 Å². The van der Waals surface area contributed by atoms with Crippen LogP contribution in [0.2, 0.25) is 0 Å². The Bertz CT molecular complexity index is 2340. The van der Waals surface area contributed by atoms with Crippen LogP contribution in [0.3, 0.4) is 0 Å². The topological polar surface area (TPSA) is 235 Å². The molecule has 1 saturated heterocycles. The molecule has 2 saturated carbocycles. The molecule has 0 aromatic heterocycles. The Balaban J connectivity index is 1.17. The summed E-state index contributed by atoms with van der Waals surface area (Å²) in [6.45, 7) is -0.703. The summed E-state index contributed by atoms with van der Waals surface area (Å²) in [5, 5.41) is 86.3. The zero-order valence-electron chi connectivity index (χ0n) is 36.1. The number of allylic oxidation sites excluding steroid dienone is 6. The van der Waals surface area contributed by atoms with Crippen LogP contribution in [0.15, 0.2) is 89.5 Å². The Morgan fingerprint density at radius 1 is 0.954 bits per heavy atom. The molecule has 2 aromatic rings. The van der Waals surface area contributed by atoms with Crippen LogP contribution in [0.25, 0.3) is 0 Å². The maximum atomic E-state index is 15.7. The Labute approximate surface area is 385 Å². The van der Waals surface area contributed by atoms with E-state index >= 15 is 9.59 Å². The van der Waals surface area contributed by atoms with Crippen molar-refractivity contribution < 1.29 is 59.6 Å². The minimum atomic E-state index is -2.35. The lowest BCUT2D eigenvalue weighted by atomic mass is 9.57. The minimum Gasteiger partial charge on any atom is -0.511 e. The molecular weight excluding hydrogens is 873 g/mol. The second-order valence-electron chi connectivity index (χ2n) is 19.0. The molecule has 3 spiro atoms. The van der Waals surface area contributed by atoms with Crippen molar-refractivity contribution >= 4 is 39.4 Å². The third kappa shape index (κ3) is 7.80. The number of ketones is 2. The monoisotopic (exact) mass is 930 g/mol. The van der Waals surface area contributed by atoms with Crippen LogP contribution in [0, 0.1) is 28.1 Å². The van der Waals surface area contributed by atoms with Crippen LogP contribution in [0.4, 0.5) is 0 Å². The second kappa shape index (κ2) is 18.3. The highest BCUT2D eigenvalue weighted by Crippen LogP contribution is 2.65. The Morgan fingerprint density at radius 3 is 2.55 bits per heavy atom. The number of aliphatic hydroxyl groups excluding tert-OH is 6. The summed E-state index contributed by atoms with van der Waals surface area (Å²) in [6, 6.07) is 11.8. The summed E-state index contributed by atoms with van der Waals surface area (Å²) >= 11 is 0. The summed E-state index contributed by atoms with van der Waals surface area (Å²) in [7, 11) is 2.74. The highest BCUT2D eigenvalue weighted by atomic mass is 33.1. The number of Topliss-reactive ketones (excluding diaryl/α,β-unsaturated/α-hetero) is 2. The first-order valence-electron chi connectivity index (χ1n) is 22.6. The van der Waals surface area contributed by atoms with E-state index < -0.39 is 70.4 Å². The maximum Gasteiger partial charge on any atom is 0.229 e. The fourth-order valence-electron chi connectivity index (χ4n) is 12.3. The fourth-order valence-corrected chi connectivity index (χ4v) is 15.2. The van der Waals surface area contributed by atoms with E-state index in [1.807, 2.05) is 30.4 Å². The first kappa shape index (κ1) is 46.2. The Kier molecular flexibility index (Phi) is 13.0. The number of aldehydes is 1. The third-order valence-corrected chi connectivity index (χ3v) is 18.2. The number of nitrogens with one attached hydrogen (secondary N) is 2. The number of dihydropyridines is 1. The zero-order valence-corrected chi connectivity index (χ0v) is 37.7. The summed E-state index contributed by atoms with van der Waals surface area (Å²) in [4.78, 5) is 43.4. The average Bonchev–Trinajstić information content (AvgIpc) is 3.90. The molecule has 65 heavy (non-hydrogen) atoms. The first-order valence-corrected chi connectivity index (χ1v) is 25.0. The number of carbonyl (C=O) groups excluding carboxylic acids is 3. The van der Waals surface area contributed by atoms with Gasteiger partial charge in [-0.05, 0) is 109 Å². The van der Waals surface area contributed by atoms with Gasteiger partial charge in [0.25, 0.3) is 0 Å². The normalized spacial score (nSPS) is 36.8. The highest BCUT2D eigenvalue weighted by Gasteiger charge is 2.65. The van der Waals surface area contributed by atoms with Crippen LogP contribution in [-0.2, 0) is 22.6 Å². The van der Waals surface area contributed by atoms with Gasteiger partial charge in [-0.15, -0.1) is 0 Å². The number of carbonyl (C=O) groups is 3. The van der Waals surface area contributed by atoms with Gasteiger partial charge in [0, 0.05) is 29.9 Å². The van der Waals surface area contributed by atoms with Gasteiger partial charge < -0.3 is 60.6 Å². The first-order chi connectivity index (χ1) is 31.4. The third-order valence-electron chi connectivity index (χ3n) is 15.5. The lowest BCUT2D eigenvalue weighted by molar-refractivity contribution is -0.319. The molecule has 0 radical (unpaired) electrons. The number of hydrogen-bond donors (Lipinski definition) is 9. The molecule has 4 aliphatic carbocycles. The van der Waals surface area contributed by atoms with Crippen molar-refractivity contribution in [3.05, 3.63) is 112 Å². The van der Waals surface area contributed by atoms with Crippen molar-refractivity contribution in [2.24, 2.45) is 28.1 Å². The van der Waals surface area contributed by atoms with Crippen molar-refractivity contribution in [1.82, 2.24) is 10.6 Å². The zero-order chi connectivity index (χ0) is 45.7. The quantitative estimate of drug-likeness (QED) is 0.132. The number of ether oxygens (including phenoxy) is 2. The smallest absolute Gasteiger partial charge is 0.229 e. The largest absolute Gasteiger partial charge is 0.511 e. The molecule has 348 valence electrons. The Hall–Kier alpha value is -3.97. The van der Waals surface area contributed by atoms with Crippen LogP contribution in [-0.4, -0.2) is 115 Å². The molecule has 0 amide bonds. The number of rotatable bonds is 8. The molecule has 7 aliphatic rings. The van der Waals surface area contributed by atoms with Gasteiger partial charge in [-0.3, -0.25) is 9.59 Å². The summed E-state index contributed by atoms with van der Waals surface area (Å²) in [5.74, 6) is -1.93. The Morgan fingerprint density at radius 2 is 1.77 bits per heavy atom. The van der Waals surface area contributed by atoms with Gasteiger partial charge >= 0.3 is 0 Å². The molecule has 11 atom stereocenters. The number of benzene rings is 2. The molecular formula is C49H58N2O12S2. The molecule has 9 N–H and O–H groups in total. The van der Waals surface area contributed by atoms with Crippen LogP contribution in [0.1, 0.15) is 89.6 Å². The average molecular weight is 931 g/mol. The molecule has 14 nitrogen and oxygen atoms in total. The highest BCUT2D eigenvalue weighted by molar-refractivity contribution is 8.76. The number of fused-ring (bicyclic) bond motifs is 4. The molecule has 6 bridgehead atoms. The van der Waals surface area contributed by atoms with Gasteiger partial charge in [0.15, 0.2) is 11.6 Å². The lowest BCUT2D eigenvalue weighted by Crippen LogP contribution is -2.69. The summed E-state index contributed by atoms with van der Waals surface area (Å²) in [5.41, 5.74) is -2.54. The van der Waals surface area contributed by atoms with Gasteiger partial charge in [0.2, 0.25) is 6.29 Å². The van der Waals surface area contributed by atoms with Gasteiger partial charge in [0.05, 0.1) is 36.4 Å². The summed E-state index contributed by atoms with van der Waals surface area (Å²) in [6.07, 6.45) is 6.25. The molecule has 9 rings (SSSR count). The molecule has 3 fully saturated rings. The van der Waals surface area contributed by atoms with Crippen molar-refractivity contribution in [1.29, 1.82) is 0 Å². The lowest BCUT2D eigenvalue weighted by Gasteiger charge is -2.51. The van der Waals surface area contributed by atoms with E-state index in [9.17, 15) is 40.5 Å². The van der Waals surface area contributed by atoms with E-state index in [0.29, 0.717) is 55.1 Å². The van der Waals surface area contributed by atoms with E-state index in [4.69, 9.17) is 9.47 Å². The van der Waals surface area contributed by atoms with Crippen LogP contribution in [0.5, 0.6) is 5.75 Å². The van der Waals surface area contributed by atoms with E-state index in [1.54, 1.807) is 12.1 Å². The SMILES string of the molecule is O=CC1CCCC12CCC1(C2)CC2(O)C(O)C(CO)OC(Oc3cccc4c3C(=O)C3(C(O)=CC(Cc5cccc(CO)c5)=CC3C4=O)C(CCCO)SSCNC3=CC1=CCN3)C2O. The standard InChI is InChI=1S/C49H58N2O12S2/c52-16-4-10-38-49-34(19-30(20-37(49)56)18-28-5-1-6-29(17-28)22-53)41(57)33-8-2-9-35(40(33)43(49)59)62-45-44(60)48(61,42(58)36(24-55)63-45)26-47(14-13-46(25-47)12-3-7-32(46)23-54)31-11-15-50-39(21-31)51-27-64-65-38/h1-2,5-6,8-9,11,17,19-21,23,32,34,36,38,42,44-45,50-53,55-56,58,60-61H,3-4,7,10,12-16,18,22,24-27H2. The fraction of sp³-hybridized carbons (Fsp3) is 0.531. The van der Waals surface area contributed by atoms with E-state index in [0.717, 1.165) is 36.7 Å². The molecule has 16 heteroatoms. The van der Waals surface area contributed by atoms with E-state index in [1.165, 1.54) is 45.9 Å². The van der Waals surface area contributed by atoms with Crippen molar-refractivity contribution in [3.8, 4) is 5.75 Å². The van der Waals surface area contributed by atoms with Gasteiger partial charge in [0.1, 0.15) is 47.1 Å².